The van der Waals surface area contributed by atoms with Gasteiger partial charge in [0.2, 0.25) is 5.95 Å². The van der Waals surface area contributed by atoms with Crippen LogP contribution < -0.4 is 5.32 Å². The molecule has 0 aliphatic rings. The molecule has 3 aromatic rings. The fraction of sp³-hybridized carbons (Fsp3) is 0.222. The maximum Gasteiger partial charge on any atom is 0.338 e. The summed E-state index contributed by atoms with van der Waals surface area (Å²) in [6.45, 7) is 2.52. The molecule has 0 saturated carbocycles. The van der Waals surface area contributed by atoms with Crippen LogP contribution in [0.3, 0.4) is 0 Å². The Hall–Kier alpha value is -2.82. The van der Waals surface area contributed by atoms with Gasteiger partial charge in [-0.05, 0) is 36.8 Å². The number of nitrogens with zero attached hydrogens (tertiary/aromatic N) is 1. The van der Waals surface area contributed by atoms with E-state index in [-0.39, 0.29) is 5.97 Å². The molecule has 0 aliphatic heterocycles. The second-order valence-corrected chi connectivity index (χ2v) is 5.30. The van der Waals surface area contributed by atoms with Crippen molar-refractivity contribution in [3.05, 3.63) is 54.1 Å². The lowest BCUT2D eigenvalue weighted by Gasteiger charge is -2.06. The van der Waals surface area contributed by atoms with Crippen molar-refractivity contribution in [1.82, 2.24) is 9.97 Å². The Morgan fingerprint density at radius 1 is 1.22 bits per heavy atom. The highest BCUT2D eigenvalue weighted by atomic mass is 16.5. The van der Waals surface area contributed by atoms with Gasteiger partial charge in [-0.2, -0.15) is 0 Å². The Labute approximate surface area is 134 Å². The molecule has 0 saturated heterocycles. The van der Waals surface area contributed by atoms with Crippen molar-refractivity contribution in [1.29, 1.82) is 0 Å². The number of aromatic nitrogens is 2. The van der Waals surface area contributed by atoms with Gasteiger partial charge in [0, 0.05) is 5.69 Å². The normalized spacial score (nSPS) is 10.7. The van der Waals surface area contributed by atoms with Crippen LogP contribution in [0.25, 0.3) is 11.0 Å². The predicted octanol–water partition coefficient (Wildman–Crippen LogP) is 4.26. The third-order valence-corrected chi connectivity index (χ3v) is 3.48. The van der Waals surface area contributed by atoms with Gasteiger partial charge in [0.25, 0.3) is 0 Å². The summed E-state index contributed by atoms with van der Waals surface area (Å²) in [6.07, 6.45) is 1.88. The lowest BCUT2D eigenvalue weighted by Crippen LogP contribution is -2.06. The molecule has 1 aromatic heterocycles. The second kappa shape index (κ2) is 6.96. The fourth-order valence-electron chi connectivity index (χ4n) is 2.27. The number of hydrogen-bond acceptors (Lipinski definition) is 4. The van der Waals surface area contributed by atoms with Crippen molar-refractivity contribution in [2.24, 2.45) is 0 Å². The summed E-state index contributed by atoms with van der Waals surface area (Å²) < 4.78 is 5.23. The summed E-state index contributed by atoms with van der Waals surface area (Å²) in [5.41, 5.74) is 3.17. The van der Waals surface area contributed by atoms with E-state index in [0.29, 0.717) is 18.1 Å². The molecule has 0 aliphatic carbocycles. The van der Waals surface area contributed by atoms with Crippen molar-refractivity contribution in [2.75, 3.05) is 11.9 Å². The molecule has 2 aromatic carbocycles. The molecule has 5 nitrogen and oxygen atoms in total. The van der Waals surface area contributed by atoms with Gasteiger partial charge in [0.15, 0.2) is 0 Å². The van der Waals surface area contributed by atoms with Crippen LogP contribution in [-0.2, 0) is 4.74 Å². The quantitative estimate of drug-likeness (QED) is 0.527. The number of fused-ring (bicyclic) bond motifs is 1. The molecule has 1 heterocycles. The number of esters is 1. The molecule has 3 rings (SSSR count). The van der Waals surface area contributed by atoms with Gasteiger partial charge < -0.3 is 15.0 Å². The van der Waals surface area contributed by atoms with Gasteiger partial charge in [-0.3, -0.25) is 0 Å². The number of H-pyrrole nitrogens is 1. The van der Waals surface area contributed by atoms with Gasteiger partial charge in [0.1, 0.15) is 0 Å². The summed E-state index contributed by atoms with van der Waals surface area (Å²) in [6, 6.07) is 15.0. The highest BCUT2D eigenvalue weighted by Gasteiger charge is 2.08. The Morgan fingerprint density at radius 3 is 2.91 bits per heavy atom. The first-order valence-corrected chi connectivity index (χ1v) is 7.75. The number of anilines is 2. The van der Waals surface area contributed by atoms with E-state index < -0.39 is 0 Å². The Morgan fingerprint density at radius 2 is 2.09 bits per heavy atom. The highest BCUT2D eigenvalue weighted by molar-refractivity contribution is 5.90. The van der Waals surface area contributed by atoms with E-state index in [1.54, 1.807) is 12.1 Å². The summed E-state index contributed by atoms with van der Waals surface area (Å²) >= 11 is 0. The monoisotopic (exact) mass is 309 g/mol. The van der Waals surface area contributed by atoms with Crippen LogP contribution in [0.15, 0.2) is 48.5 Å². The molecule has 0 bridgehead atoms. The summed E-state index contributed by atoms with van der Waals surface area (Å²) in [5, 5.41) is 3.18. The minimum absolute atomic E-state index is 0.299. The minimum Gasteiger partial charge on any atom is -0.462 e. The van der Waals surface area contributed by atoms with Crippen molar-refractivity contribution in [3.63, 3.8) is 0 Å². The molecule has 0 spiro atoms. The topological polar surface area (TPSA) is 67.0 Å². The smallest absolute Gasteiger partial charge is 0.338 e. The number of ether oxygens (including phenoxy) is 1. The van der Waals surface area contributed by atoms with Crippen molar-refractivity contribution >= 4 is 28.6 Å². The van der Waals surface area contributed by atoms with Crippen molar-refractivity contribution in [2.45, 2.75) is 19.8 Å². The minimum atomic E-state index is -0.299. The summed E-state index contributed by atoms with van der Waals surface area (Å²) in [4.78, 5) is 19.6. The first kappa shape index (κ1) is 15.1. The van der Waals surface area contributed by atoms with Crippen LogP contribution in [0.2, 0.25) is 0 Å². The first-order valence-electron chi connectivity index (χ1n) is 7.75. The Bertz CT molecular complexity index is 778. The summed E-state index contributed by atoms with van der Waals surface area (Å²) in [5.74, 6) is 0.342. The number of para-hydroxylation sites is 2. The zero-order valence-electron chi connectivity index (χ0n) is 13.0. The molecule has 23 heavy (non-hydrogen) atoms. The van der Waals surface area contributed by atoms with Crippen molar-refractivity contribution in [3.8, 4) is 0 Å². The van der Waals surface area contributed by atoms with Crippen LogP contribution in [-0.4, -0.2) is 22.5 Å². The fourth-order valence-corrected chi connectivity index (χ4v) is 2.27. The first-order chi connectivity index (χ1) is 11.3. The van der Waals surface area contributed by atoms with Crippen LogP contribution in [0.4, 0.5) is 11.6 Å². The molecule has 5 heteroatoms. The van der Waals surface area contributed by atoms with Gasteiger partial charge in [-0.15, -0.1) is 0 Å². The number of carbonyl (C=O) groups is 1. The maximum absolute atomic E-state index is 12.0. The predicted molar refractivity (Wildman–Crippen MR) is 91.0 cm³/mol. The number of unbranched alkanes of at least 4 members (excludes halogenated alkanes) is 1. The number of carbonyl (C=O) groups excluding carboxylic acids is 1. The highest BCUT2D eigenvalue weighted by Crippen LogP contribution is 2.19. The van der Waals surface area contributed by atoms with Crippen LogP contribution in [0.1, 0.15) is 30.1 Å². The van der Waals surface area contributed by atoms with Gasteiger partial charge >= 0.3 is 5.97 Å². The van der Waals surface area contributed by atoms with E-state index in [0.717, 1.165) is 29.6 Å². The molecule has 0 unspecified atom stereocenters. The lowest BCUT2D eigenvalue weighted by molar-refractivity contribution is 0.0500. The van der Waals surface area contributed by atoms with E-state index in [1.165, 1.54) is 0 Å². The van der Waals surface area contributed by atoms with Crippen molar-refractivity contribution < 1.29 is 9.53 Å². The average Bonchev–Trinajstić information content (AvgIpc) is 2.97. The van der Waals surface area contributed by atoms with E-state index in [9.17, 15) is 4.79 Å². The number of nitrogens with one attached hydrogen (secondary N) is 2. The van der Waals surface area contributed by atoms with Crippen LogP contribution in [0, 0.1) is 0 Å². The number of aromatic amines is 1. The Kier molecular flexibility index (Phi) is 4.57. The molecule has 2 N–H and O–H groups in total. The van der Waals surface area contributed by atoms with E-state index in [4.69, 9.17) is 4.74 Å². The van der Waals surface area contributed by atoms with E-state index >= 15 is 0 Å². The zero-order valence-corrected chi connectivity index (χ0v) is 13.0. The standard InChI is InChI=1S/C18H19N3O2/c1-2-3-11-23-17(22)13-7-6-8-14(12-13)19-18-20-15-9-4-5-10-16(15)21-18/h4-10,12H,2-3,11H2,1H3,(H2,19,20,21). The number of imidazole rings is 1. The molecular weight excluding hydrogens is 290 g/mol. The van der Waals surface area contributed by atoms with E-state index in [1.807, 2.05) is 36.4 Å². The molecule has 0 radical (unpaired) electrons. The zero-order chi connectivity index (χ0) is 16.1. The third-order valence-electron chi connectivity index (χ3n) is 3.48. The lowest BCUT2D eigenvalue weighted by atomic mass is 10.2. The van der Waals surface area contributed by atoms with Gasteiger partial charge in [-0.25, -0.2) is 9.78 Å². The Balaban J connectivity index is 1.73. The third kappa shape index (κ3) is 3.69. The molecule has 0 amide bonds. The second-order valence-electron chi connectivity index (χ2n) is 5.30. The number of rotatable bonds is 6. The average molecular weight is 309 g/mol. The van der Waals surface area contributed by atoms with Gasteiger partial charge in [0.05, 0.1) is 23.2 Å². The number of hydrogen-bond donors (Lipinski definition) is 2. The van der Waals surface area contributed by atoms with Crippen LogP contribution in [0.5, 0.6) is 0 Å². The molecule has 0 fully saturated rings. The van der Waals surface area contributed by atoms with Gasteiger partial charge in [-0.1, -0.05) is 31.5 Å². The van der Waals surface area contributed by atoms with E-state index in [2.05, 4.69) is 22.2 Å². The molecule has 118 valence electrons. The maximum atomic E-state index is 12.0. The number of benzene rings is 2. The largest absolute Gasteiger partial charge is 0.462 e. The molecular formula is C18H19N3O2. The molecule has 0 atom stereocenters. The SMILES string of the molecule is CCCCOC(=O)c1cccc(Nc2nc3ccccc3[nH]2)c1. The summed E-state index contributed by atoms with van der Waals surface area (Å²) in [7, 11) is 0. The van der Waals surface area contributed by atoms with Crippen LogP contribution >= 0.6 is 0 Å².